The number of hydrogen-bond donors (Lipinski definition) is 0. The SMILES string of the molecule is CC.CC(C)c1cncc(N2CCOCC2)c1. The van der Waals surface area contributed by atoms with Crippen LogP contribution in [0, 0.1) is 0 Å². The number of ether oxygens (including phenoxy) is 1. The zero-order valence-corrected chi connectivity index (χ0v) is 11.4. The Balaban J connectivity index is 0.000000686. The van der Waals surface area contributed by atoms with Crippen LogP contribution in [0.5, 0.6) is 0 Å². The smallest absolute Gasteiger partial charge is 0.0642 e. The lowest BCUT2D eigenvalue weighted by Gasteiger charge is -2.29. The maximum Gasteiger partial charge on any atom is 0.0642 e. The summed E-state index contributed by atoms with van der Waals surface area (Å²) in [6.07, 6.45) is 3.89. The maximum absolute atomic E-state index is 5.34. The Hall–Kier alpha value is -1.09. The van der Waals surface area contributed by atoms with Crippen molar-refractivity contribution in [3.63, 3.8) is 0 Å². The van der Waals surface area contributed by atoms with Crippen molar-refractivity contribution in [1.29, 1.82) is 0 Å². The van der Waals surface area contributed by atoms with Crippen LogP contribution in [0.25, 0.3) is 0 Å². The number of aromatic nitrogens is 1. The van der Waals surface area contributed by atoms with E-state index in [-0.39, 0.29) is 0 Å². The summed E-state index contributed by atoms with van der Waals surface area (Å²) in [7, 11) is 0. The fraction of sp³-hybridized carbons (Fsp3) is 0.643. The summed E-state index contributed by atoms with van der Waals surface area (Å²) in [5.74, 6) is 0.540. The van der Waals surface area contributed by atoms with Crippen molar-refractivity contribution in [3.8, 4) is 0 Å². The summed E-state index contributed by atoms with van der Waals surface area (Å²) >= 11 is 0. The molecule has 3 nitrogen and oxygen atoms in total. The van der Waals surface area contributed by atoms with E-state index in [1.807, 2.05) is 26.2 Å². The molecule has 1 aliphatic heterocycles. The summed E-state index contributed by atoms with van der Waals surface area (Å²) in [5, 5.41) is 0. The van der Waals surface area contributed by atoms with Gasteiger partial charge in [-0.15, -0.1) is 0 Å². The molecule has 0 bridgehead atoms. The van der Waals surface area contributed by atoms with Crippen molar-refractivity contribution in [2.75, 3.05) is 31.2 Å². The molecular weight excluding hydrogens is 212 g/mol. The Morgan fingerprint density at radius 2 is 1.82 bits per heavy atom. The Morgan fingerprint density at radius 1 is 1.18 bits per heavy atom. The molecule has 0 N–H and O–H groups in total. The molecule has 2 heterocycles. The lowest BCUT2D eigenvalue weighted by Crippen LogP contribution is -2.36. The minimum atomic E-state index is 0.540. The molecule has 17 heavy (non-hydrogen) atoms. The van der Waals surface area contributed by atoms with Crippen LogP contribution in [0.4, 0.5) is 5.69 Å². The predicted octanol–water partition coefficient (Wildman–Crippen LogP) is 3.07. The maximum atomic E-state index is 5.34. The lowest BCUT2D eigenvalue weighted by atomic mass is 10.1. The van der Waals surface area contributed by atoms with E-state index in [1.54, 1.807) is 0 Å². The van der Waals surface area contributed by atoms with Gasteiger partial charge in [-0.3, -0.25) is 4.98 Å². The minimum absolute atomic E-state index is 0.540. The molecule has 96 valence electrons. The third-order valence-electron chi connectivity index (χ3n) is 2.79. The van der Waals surface area contributed by atoms with Crippen molar-refractivity contribution >= 4 is 5.69 Å². The highest BCUT2D eigenvalue weighted by Gasteiger charge is 2.12. The zero-order chi connectivity index (χ0) is 12.7. The zero-order valence-electron chi connectivity index (χ0n) is 11.4. The highest BCUT2D eigenvalue weighted by molar-refractivity contribution is 5.46. The van der Waals surface area contributed by atoms with Crippen LogP contribution < -0.4 is 4.90 Å². The first-order valence-electron chi connectivity index (χ1n) is 6.55. The van der Waals surface area contributed by atoms with Gasteiger partial charge < -0.3 is 9.64 Å². The number of anilines is 1. The molecule has 1 aliphatic rings. The summed E-state index contributed by atoms with van der Waals surface area (Å²) in [6, 6.07) is 2.24. The van der Waals surface area contributed by atoms with E-state index in [1.165, 1.54) is 11.3 Å². The average molecular weight is 236 g/mol. The monoisotopic (exact) mass is 236 g/mol. The number of hydrogen-bond acceptors (Lipinski definition) is 3. The van der Waals surface area contributed by atoms with E-state index < -0.39 is 0 Å². The molecule has 0 saturated carbocycles. The van der Waals surface area contributed by atoms with Crippen LogP contribution in [0.2, 0.25) is 0 Å². The number of pyridine rings is 1. The van der Waals surface area contributed by atoms with Crippen LogP contribution in [0.15, 0.2) is 18.5 Å². The quantitative estimate of drug-likeness (QED) is 0.789. The molecule has 1 fully saturated rings. The van der Waals surface area contributed by atoms with Gasteiger partial charge in [-0.1, -0.05) is 27.7 Å². The molecule has 0 amide bonds. The van der Waals surface area contributed by atoms with Gasteiger partial charge in [0.05, 0.1) is 25.1 Å². The molecule has 0 atom stereocenters. The Kier molecular flexibility index (Phi) is 5.98. The van der Waals surface area contributed by atoms with Gasteiger partial charge in [0.15, 0.2) is 0 Å². The van der Waals surface area contributed by atoms with Gasteiger partial charge in [0.25, 0.3) is 0 Å². The summed E-state index contributed by atoms with van der Waals surface area (Å²) in [6.45, 7) is 12.0. The second-order valence-corrected chi connectivity index (χ2v) is 4.23. The molecule has 0 spiro atoms. The molecule has 0 radical (unpaired) electrons. The van der Waals surface area contributed by atoms with E-state index in [9.17, 15) is 0 Å². The standard InChI is InChI=1S/C12H18N2O.C2H6/c1-10(2)11-7-12(9-13-8-11)14-3-5-15-6-4-14;1-2/h7-10H,3-6H2,1-2H3;1-2H3. The van der Waals surface area contributed by atoms with Crippen LogP contribution in [0.1, 0.15) is 39.2 Å². The van der Waals surface area contributed by atoms with E-state index in [2.05, 4.69) is 29.8 Å². The normalized spacial score (nSPS) is 15.5. The van der Waals surface area contributed by atoms with E-state index >= 15 is 0 Å². The molecule has 0 aromatic carbocycles. The largest absolute Gasteiger partial charge is 0.378 e. The molecule has 1 saturated heterocycles. The Labute approximate surface area is 105 Å². The highest BCUT2D eigenvalue weighted by atomic mass is 16.5. The van der Waals surface area contributed by atoms with Gasteiger partial charge in [0.1, 0.15) is 0 Å². The second-order valence-electron chi connectivity index (χ2n) is 4.23. The van der Waals surface area contributed by atoms with Crippen molar-refractivity contribution in [3.05, 3.63) is 24.0 Å². The molecular formula is C14H24N2O. The number of nitrogens with zero attached hydrogens (tertiary/aromatic N) is 2. The van der Waals surface area contributed by atoms with Crippen LogP contribution in [-0.2, 0) is 4.74 Å². The van der Waals surface area contributed by atoms with Crippen LogP contribution in [-0.4, -0.2) is 31.3 Å². The molecule has 1 aromatic heterocycles. The summed E-state index contributed by atoms with van der Waals surface area (Å²) in [5.41, 5.74) is 2.53. The Morgan fingerprint density at radius 3 is 2.41 bits per heavy atom. The van der Waals surface area contributed by atoms with E-state index in [4.69, 9.17) is 4.74 Å². The fourth-order valence-corrected chi connectivity index (χ4v) is 1.76. The number of rotatable bonds is 2. The topological polar surface area (TPSA) is 25.4 Å². The first-order valence-corrected chi connectivity index (χ1v) is 6.55. The van der Waals surface area contributed by atoms with Gasteiger partial charge in [-0.2, -0.15) is 0 Å². The third kappa shape index (κ3) is 4.00. The molecule has 3 heteroatoms. The van der Waals surface area contributed by atoms with Gasteiger partial charge in [-0.05, 0) is 17.5 Å². The van der Waals surface area contributed by atoms with Crippen molar-refractivity contribution in [1.82, 2.24) is 4.98 Å². The van der Waals surface area contributed by atoms with Crippen molar-refractivity contribution in [2.45, 2.75) is 33.6 Å². The summed E-state index contributed by atoms with van der Waals surface area (Å²) < 4.78 is 5.34. The Bertz CT molecular complexity index is 320. The third-order valence-corrected chi connectivity index (χ3v) is 2.79. The predicted molar refractivity (Wildman–Crippen MR) is 72.7 cm³/mol. The summed E-state index contributed by atoms with van der Waals surface area (Å²) in [4.78, 5) is 6.63. The van der Waals surface area contributed by atoms with Crippen LogP contribution >= 0.6 is 0 Å². The van der Waals surface area contributed by atoms with Gasteiger partial charge in [0.2, 0.25) is 0 Å². The molecule has 0 aliphatic carbocycles. The fourth-order valence-electron chi connectivity index (χ4n) is 1.76. The van der Waals surface area contributed by atoms with Gasteiger partial charge in [0, 0.05) is 19.3 Å². The second kappa shape index (κ2) is 7.28. The molecule has 2 rings (SSSR count). The molecule has 0 unspecified atom stereocenters. The van der Waals surface area contributed by atoms with Crippen molar-refractivity contribution in [2.24, 2.45) is 0 Å². The van der Waals surface area contributed by atoms with Crippen LogP contribution in [0.3, 0.4) is 0 Å². The minimum Gasteiger partial charge on any atom is -0.378 e. The van der Waals surface area contributed by atoms with E-state index in [0.29, 0.717) is 5.92 Å². The van der Waals surface area contributed by atoms with Gasteiger partial charge >= 0.3 is 0 Å². The first kappa shape index (κ1) is 14.0. The van der Waals surface area contributed by atoms with Gasteiger partial charge in [-0.25, -0.2) is 0 Å². The number of morpholine rings is 1. The molecule has 1 aromatic rings. The average Bonchev–Trinajstić information content (AvgIpc) is 2.42. The lowest BCUT2D eigenvalue weighted by molar-refractivity contribution is 0.122. The first-order chi connectivity index (χ1) is 8.27. The highest BCUT2D eigenvalue weighted by Crippen LogP contribution is 2.20. The van der Waals surface area contributed by atoms with Crippen molar-refractivity contribution < 1.29 is 4.74 Å². The van der Waals surface area contributed by atoms with E-state index in [0.717, 1.165) is 26.3 Å².